The van der Waals surface area contributed by atoms with Gasteiger partial charge in [0.1, 0.15) is 0 Å². The number of benzene rings is 1. The van der Waals surface area contributed by atoms with E-state index in [9.17, 15) is 4.79 Å². The maximum absolute atomic E-state index is 10.8. The Morgan fingerprint density at radius 3 is 3.00 bits per heavy atom. The predicted octanol–water partition coefficient (Wildman–Crippen LogP) is 2.08. The third-order valence-corrected chi connectivity index (χ3v) is 3.02. The topological polar surface area (TPSA) is 41.5 Å². The lowest BCUT2D eigenvalue weighted by molar-refractivity contribution is -0.118. The van der Waals surface area contributed by atoms with Gasteiger partial charge in [-0.3, -0.25) is 4.79 Å². The van der Waals surface area contributed by atoms with Crippen LogP contribution in [0.3, 0.4) is 0 Å². The van der Waals surface area contributed by atoms with E-state index in [1.54, 1.807) is 0 Å². The van der Waals surface area contributed by atoms with Crippen LogP contribution in [0, 0.1) is 0 Å². The molecule has 0 saturated heterocycles. The number of hydrazone groups is 1. The van der Waals surface area contributed by atoms with Crippen LogP contribution in [0.25, 0.3) is 0 Å². The Morgan fingerprint density at radius 1 is 1.50 bits per heavy atom. The Labute approximate surface area is 99.5 Å². The summed E-state index contributed by atoms with van der Waals surface area (Å²) in [7, 11) is 0. The van der Waals surface area contributed by atoms with Crippen LogP contribution in [0.4, 0.5) is 0 Å². The third-order valence-electron chi connectivity index (χ3n) is 2.59. The molecule has 1 aromatic rings. The highest BCUT2D eigenvalue weighted by Gasteiger charge is 2.23. The highest BCUT2D eigenvalue weighted by molar-refractivity contribution is 6.35. The Hall–Kier alpha value is -1.35. The highest BCUT2D eigenvalue weighted by atomic mass is 35.5. The van der Waals surface area contributed by atoms with Crippen molar-refractivity contribution in [3.05, 3.63) is 35.4 Å². The second-order valence-electron chi connectivity index (χ2n) is 3.83. The van der Waals surface area contributed by atoms with Crippen molar-refractivity contribution in [1.29, 1.82) is 0 Å². The van der Waals surface area contributed by atoms with Crippen LogP contribution >= 0.6 is 11.6 Å². The quantitative estimate of drug-likeness (QED) is 0.589. The van der Waals surface area contributed by atoms with E-state index in [1.807, 2.05) is 18.2 Å². The lowest BCUT2D eigenvalue weighted by atomic mass is 9.90. The fraction of sp³-hybridized carbons (Fsp3) is 0.333. The summed E-state index contributed by atoms with van der Waals surface area (Å²) < 4.78 is 0. The van der Waals surface area contributed by atoms with Gasteiger partial charge < -0.3 is 0 Å². The summed E-state index contributed by atoms with van der Waals surface area (Å²) in [5, 5.41) is 3.97. The molecule has 84 valence electrons. The minimum Gasteiger partial charge on any atom is -0.274 e. The van der Waals surface area contributed by atoms with Crippen LogP contribution in [0.5, 0.6) is 0 Å². The fourth-order valence-electron chi connectivity index (χ4n) is 1.85. The molecule has 0 saturated carbocycles. The summed E-state index contributed by atoms with van der Waals surface area (Å²) >= 11 is 6.21. The molecular weight excluding hydrogens is 224 g/mol. The molecule has 0 spiro atoms. The number of hydrogen-bond acceptors (Lipinski definition) is 2. The second-order valence-corrected chi connectivity index (χ2v) is 4.36. The van der Waals surface area contributed by atoms with Crippen molar-refractivity contribution in [2.75, 3.05) is 0 Å². The smallest absolute Gasteiger partial charge is 0.236 e. The standard InChI is InChI=1S/C12H13ClN2O/c1-8(16)14-15-12-10-5-3-2-4-9(10)6-7-11(12)13/h2-5,11H,6-7H2,1H3,(H,14,16)/b15-12+. The molecule has 1 N–H and O–H groups in total. The number of rotatable bonds is 1. The van der Waals surface area contributed by atoms with Gasteiger partial charge in [0.25, 0.3) is 0 Å². The van der Waals surface area contributed by atoms with E-state index in [-0.39, 0.29) is 11.3 Å². The Bertz CT molecular complexity index is 442. The van der Waals surface area contributed by atoms with Crippen LogP contribution in [0.1, 0.15) is 24.5 Å². The van der Waals surface area contributed by atoms with Gasteiger partial charge in [-0.2, -0.15) is 5.10 Å². The zero-order valence-electron chi connectivity index (χ0n) is 9.03. The molecule has 16 heavy (non-hydrogen) atoms. The van der Waals surface area contributed by atoms with E-state index >= 15 is 0 Å². The minimum absolute atomic E-state index is 0.123. The van der Waals surface area contributed by atoms with Crippen molar-refractivity contribution in [2.45, 2.75) is 25.1 Å². The molecule has 0 bridgehead atoms. The van der Waals surface area contributed by atoms with Gasteiger partial charge in [-0.1, -0.05) is 24.3 Å². The monoisotopic (exact) mass is 236 g/mol. The molecule has 2 rings (SSSR count). The van der Waals surface area contributed by atoms with E-state index in [1.165, 1.54) is 12.5 Å². The second kappa shape index (κ2) is 4.66. The number of carbonyl (C=O) groups excluding carboxylic acids is 1. The summed E-state index contributed by atoms with van der Waals surface area (Å²) in [5.41, 5.74) is 5.50. The largest absolute Gasteiger partial charge is 0.274 e. The van der Waals surface area contributed by atoms with Crippen molar-refractivity contribution in [3.63, 3.8) is 0 Å². The molecule has 3 nitrogen and oxygen atoms in total. The van der Waals surface area contributed by atoms with Crippen molar-refractivity contribution >= 4 is 23.2 Å². The molecule has 1 atom stereocenters. The molecule has 4 heteroatoms. The van der Waals surface area contributed by atoms with Crippen molar-refractivity contribution < 1.29 is 4.79 Å². The number of carbonyl (C=O) groups is 1. The highest BCUT2D eigenvalue weighted by Crippen LogP contribution is 2.24. The Balaban J connectivity index is 2.36. The predicted molar refractivity (Wildman–Crippen MR) is 64.8 cm³/mol. The summed E-state index contributed by atoms with van der Waals surface area (Å²) in [5.74, 6) is -0.181. The molecule has 0 fully saturated rings. The number of aryl methyl sites for hydroxylation is 1. The molecule has 1 amide bonds. The molecular formula is C12H13ClN2O. The first-order chi connectivity index (χ1) is 7.68. The summed E-state index contributed by atoms with van der Waals surface area (Å²) in [6.07, 6.45) is 1.82. The molecule has 1 aliphatic rings. The van der Waals surface area contributed by atoms with E-state index in [0.717, 1.165) is 24.1 Å². The minimum atomic E-state index is -0.181. The van der Waals surface area contributed by atoms with E-state index < -0.39 is 0 Å². The van der Waals surface area contributed by atoms with E-state index in [0.29, 0.717) is 0 Å². The maximum Gasteiger partial charge on any atom is 0.236 e. The number of hydrogen-bond donors (Lipinski definition) is 1. The Morgan fingerprint density at radius 2 is 2.25 bits per heavy atom. The fourth-order valence-corrected chi connectivity index (χ4v) is 2.12. The molecule has 1 aromatic carbocycles. The maximum atomic E-state index is 10.8. The van der Waals surface area contributed by atoms with Crippen molar-refractivity contribution in [2.24, 2.45) is 5.10 Å². The lowest BCUT2D eigenvalue weighted by Crippen LogP contribution is -2.27. The summed E-state index contributed by atoms with van der Waals surface area (Å²) in [6, 6.07) is 8.02. The van der Waals surface area contributed by atoms with Gasteiger partial charge in [0.15, 0.2) is 0 Å². The summed E-state index contributed by atoms with van der Waals surface area (Å²) in [4.78, 5) is 10.8. The first kappa shape index (κ1) is 11.1. The van der Waals surface area contributed by atoms with E-state index in [4.69, 9.17) is 11.6 Å². The summed E-state index contributed by atoms with van der Waals surface area (Å²) in [6.45, 7) is 1.43. The molecule has 0 aromatic heterocycles. The lowest BCUT2D eigenvalue weighted by Gasteiger charge is -2.21. The SMILES string of the molecule is CC(=O)N/N=C1\c2ccccc2CCC1Cl. The third kappa shape index (κ3) is 2.25. The molecule has 0 heterocycles. The normalized spacial score (nSPS) is 21.6. The number of alkyl halides is 1. The average molecular weight is 237 g/mol. The van der Waals surface area contributed by atoms with Crippen LogP contribution in [0.15, 0.2) is 29.4 Å². The first-order valence-corrected chi connectivity index (χ1v) is 5.68. The van der Waals surface area contributed by atoms with Gasteiger partial charge in [-0.05, 0) is 18.4 Å². The molecule has 1 unspecified atom stereocenters. The van der Waals surface area contributed by atoms with Crippen molar-refractivity contribution in [1.82, 2.24) is 5.43 Å². The van der Waals surface area contributed by atoms with Crippen LogP contribution in [-0.4, -0.2) is 17.0 Å². The number of nitrogens with one attached hydrogen (secondary N) is 1. The van der Waals surface area contributed by atoms with Gasteiger partial charge in [0, 0.05) is 12.5 Å². The van der Waals surface area contributed by atoms with Crippen LogP contribution in [-0.2, 0) is 11.2 Å². The molecule has 1 aliphatic carbocycles. The van der Waals surface area contributed by atoms with Gasteiger partial charge in [-0.25, -0.2) is 5.43 Å². The number of nitrogens with zero attached hydrogens (tertiary/aromatic N) is 1. The molecule has 0 radical (unpaired) electrons. The molecule has 0 aliphatic heterocycles. The van der Waals surface area contributed by atoms with Gasteiger partial charge in [-0.15, -0.1) is 11.6 Å². The number of fused-ring (bicyclic) bond motifs is 1. The zero-order chi connectivity index (χ0) is 11.5. The van der Waals surface area contributed by atoms with Crippen molar-refractivity contribution in [3.8, 4) is 0 Å². The number of amides is 1. The zero-order valence-corrected chi connectivity index (χ0v) is 9.79. The van der Waals surface area contributed by atoms with Crippen LogP contribution < -0.4 is 5.43 Å². The first-order valence-electron chi connectivity index (χ1n) is 5.25. The average Bonchev–Trinajstić information content (AvgIpc) is 2.27. The van der Waals surface area contributed by atoms with Crippen LogP contribution in [0.2, 0.25) is 0 Å². The van der Waals surface area contributed by atoms with Gasteiger partial charge >= 0.3 is 0 Å². The Kier molecular flexibility index (Phi) is 3.25. The van der Waals surface area contributed by atoms with E-state index in [2.05, 4.69) is 16.6 Å². The van der Waals surface area contributed by atoms with Gasteiger partial charge in [0.05, 0.1) is 11.1 Å². The van der Waals surface area contributed by atoms with Gasteiger partial charge in [0.2, 0.25) is 5.91 Å². The number of halogens is 1.